The highest BCUT2D eigenvalue weighted by Gasteiger charge is 2.19. The number of aryl methyl sites for hydroxylation is 1. The van der Waals surface area contributed by atoms with Crippen molar-refractivity contribution in [3.63, 3.8) is 0 Å². The predicted octanol–water partition coefficient (Wildman–Crippen LogP) is 1.38. The van der Waals surface area contributed by atoms with Crippen LogP contribution in [0.5, 0.6) is 0 Å². The van der Waals surface area contributed by atoms with Crippen LogP contribution in [0, 0.1) is 6.92 Å². The first-order valence-corrected chi connectivity index (χ1v) is 7.93. The Labute approximate surface area is 141 Å². The molecule has 1 aliphatic heterocycles. The quantitative estimate of drug-likeness (QED) is 0.880. The molecule has 0 aromatic heterocycles. The topological polar surface area (TPSA) is 61.9 Å². The van der Waals surface area contributed by atoms with Crippen LogP contribution in [0.25, 0.3) is 0 Å². The molecule has 6 nitrogen and oxygen atoms in total. The van der Waals surface area contributed by atoms with Crippen LogP contribution < -0.4 is 5.32 Å². The second-order valence-corrected chi connectivity index (χ2v) is 6.11. The molecule has 0 atom stereocenters. The van der Waals surface area contributed by atoms with Crippen molar-refractivity contribution in [3.05, 3.63) is 28.8 Å². The fraction of sp³-hybridized carbons (Fsp3) is 0.500. The van der Waals surface area contributed by atoms with E-state index in [2.05, 4.69) is 5.32 Å². The minimum atomic E-state index is -0.160. The summed E-state index contributed by atoms with van der Waals surface area (Å²) in [4.78, 5) is 27.7. The standard InChI is InChI=1S/C16H22ClN3O3/c1-12-9-13(17)3-4-14(12)18-15(21)10-19(2)11-16(22)20-5-7-23-8-6-20/h3-4,9H,5-8,10-11H2,1-2H3,(H,18,21). The molecular weight excluding hydrogens is 318 g/mol. The van der Waals surface area contributed by atoms with Crippen LogP contribution in [0.1, 0.15) is 5.56 Å². The summed E-state index contributed by atoms with van der Waals surface area (Å²) >= 11 is 5.90. The number of hydrogen-bond donors (Lipinski definition) is 1. The van der Waals surface area contributed by atoms with Gasteiger partial charge < -0.3 is 15.0 Å². The lowest BCUT2D eigenvalue weighted by Crippen LogP contribution is -2.46. The maximum Gasteiger partial charge on any atom is 0.238 e. The normalized spacial score (nSPS) is 14.9. The molecule has 1 aromatic rings. The van der Waals surface area contributed by atoms with Crippen LogP contribution in [0.3, 0.4) is 0 Å². The highest BCUT2D eigenvalue weighted by molar-refractivity contribution is 6.30. The Kier molecular flexibility index (Phi) is 6.38. The van der Waals surface area contributed by atoms with Gasteiger partial charge in [-0.05, 0) is 37.7 Å². The van der Waals surface area contributed by atoms with E-state index in [-0.39, 0.29) is 24.9 Å². The van der Waals surface area contributed by atoms with Crippen LogP contribution in [0.4, 0.5) is 5.69 Å². The van der Waals surface area contributed by atoms with Gasteiger partial charge in [0.05, 0.1) is 26.3 Å². The molecule has 1 aromatic carbocycles. The fourth-order valence-corrected chi connectivity index (χ4v) is 2.63. The number of nitrogens with one attached hydrogen (secondary N) is 1. The number of likely N-dealkylation sites (N-methyl/N-ethyl adjacent to an activating group) is 1. The van der Waals surface area contributed by atoms with Gasteiger partial charge in [0.2, 0.25) is 11.8 Å². The minimum absolute atomic E-state index is 0.0197. The Morgan fingerprint density at radius 3 is 2.65 bits per heavy atom. The monoisotopic (exact) mass is 339 g/mol. The maximum atomic E-state index is 12.1. The molecule has 0 aliphatic carbocycles. The summed E-state index contributed by atoms with van der Waals surface area (Å²) in [6.07, 6.45) is 0. The number of carbonyl (C=O) groups is 2. The highest BCUT2D eigenvalue weighted by atomic mass is 35.5. The number of nitrogens with zero attached hydrogens (tertiary/aromatic N) is 2. The molecule has 1 aliphatic rings. The number of benzene rings is 1. The summed E-state index contributed by atoms with van der Waals surface area (Å²) in [5.41, 5.74) is 1.63. The van der Waals surface area contributed by atoms with Gasteiger partial charge in [-0.25, -0.2) is 0 Å². The van der Waals surface area contributed by atoms with Gasteiger partial charge >= 0.3 is 0 Å². The van der Waals surface area contributed by atoms with E-state index in [4.69, 9.17) is 16.3 Å². The summed E-state index contributed by atoms with van der Waals surface area (Å²) < 4.78 is 5.22. The van der Waals surface area contributed by atoms with Gasteiger partial charge in [0.15, 0.2) is 0 Å². The number of rotatable bonds is 5. The van der Waals surface area contributed by atoms with Crippen molar-refractivity contribution in [2.75, 3.05) is 51.8 Å². The number of morpholine rings is 1. The van der Waals surface area contributed by atoms with E-state index >= 15 is 0 Å². The molecule has 0 unspecified atom stereocenters. The van der Waals surface area contributed by atoms with Crippen molar-refractivity contribution in [1.29, 1.82) is 0 Å². The molecule has 7 heteroatoms. The first-order chi connectivity index (χ1) is 11.0. The SMILES string of the molecule is Cc1cc(Cl)ccc1NC(=O)CN(C)CC(=O)N1CCOCC1. The molecule has 23 heavy (non-hydrogen) atoms. The van der Waals surface area contributed by atoms with Crippen LogP contribution in [0.2, 0.25) is 5.02 Å². The molecule has 0 bridgehead atoms. The molecular formula is C16H22ClN3O3. The Hall–Kier alpha value is -1.63. The van der Waals surface area contributed by atoms with Crippen LogP contribution in [-0.4, -0.2) is 68.1 Å². The summed E-state index contributed by atoms with van der Waals surface area (Å²) in [6, 6.07) is 5.30. The van der Waals surface area contributed by atoms with Gasteiger partial charge in [-0.1, -0.05) is 11.6 Å². The molecule has 1 N–H and O–H groups in total. The van der Waals surface area contributed by atoms with Crippen molar-refractivity contribution in [1.82, 2.24) is 9.80 Å². The lowest BCUT2D eigenvalue weighted by atomic mass is 10.2. The van der Waals surface area contributed by atoms with Crippen molar-refractivity contribution in [2.24, 2.45) is 0 Å². The molecule has 1 fully saturated rings. The van der Waals surface area contributed by atoms with Gasteiger partial charge in [-0.3, -0.25) is 14.5 Å². The van der Waals surface area contributed by atoms with E-state index in [1.165, 1.54) is 0 Å². The Bertz CT molecular complexity index is 574. The lowest BCUT2D eigenvalue weighted by molar-refractivity contribution is -0.136. The van der Waals surface area contributed by atoms with Crippen molar-refractivity contribution in [3.8, 4) is 0 Å². The second-order valence-electron chi connectivity index (χ2n) is 5.67. The third-order valence-corrected chi connectivity index (χ3v) is 3.88. The van der Waals surface area contributed by atoms with Gasteiger partial charge in [0.25, 0.3) is 0 Å². The molecule has 0 spiro atoms. The first-order valence-electron chi connectivity index (χ1n) is 7.56. The Morgan fingerprint density at radius 1 is 1.30 bits per heavy atom. The zero-order valence-corrected chi connectivity index (χ0v) is 14.2. The van der Waals surface area contributed by atoms with Crippen LogP contribution in [0.15, 0.2) is 18.2 Å². The van der Waals surface area contributed by atoms with Gasteiger partial charge in [0, 0.05) is 23.8 Å². The van der Waals surface area contributed by atoms with Crippen molar-refractivity contribution in [2.45, 2.75) is 6.92 Å². The Morgan fingerprint density at radius 2 is 2.00 bits per heavy atom. The average molecular weight is 340 g/mol. The van der Waals surface area contributed by atoms with Crippen molar-refractivity contribution < 1.29 is 14.3 Å². The highest BCUT2D eigenvalue weighted by Crippen LogP contribution is 2.19. The van der Waals surface area contributed by atoms with E-state index in [0.29, 0.717) is 31.3 Å². The zero-order chi connectivity index (χ0) is 16.8. The molecule has 2 rings (SSSR count). The molecule has 126 valence electrons. The number of anilines is 1. The molecule has 2 amide bonds. The summed E-state index contributed by atoms with van der Waals surface area (Å²) in [6.45, 7) is 4.63. The van der Waals surface area contributed by atoms with E-state index < -0.39 is 0 Å². The second kappa shape index (κ2) is 8.29. The zero-order valence-electron chi connectivity index (χ0n) is 13.5. The minimum Gasteiger partial charge on any atom is -0.378 e. The summed E-state index contributed by atoms with van der Waals surface area (Å²) in [7, 11) is 1.76. The van der Waals surface area contributed by atoms with E-state index in [1.54, 1.807) is 35.0 Å². The van der Waals surface area contributed by atoms with E-state index in [0.717, 1.165) is 11.3 Å². The van der Waals surface area contributed by atoms with E-state index in [9.17, 15) is 9.59 Å². The van der Waals surface area contributed by atoms with Crippen molar-refractivity contribution >= 4 is 29.1 Å². The molecule has 0 saturated carbocycles. The van der Waals surface area contributed by atoms with Gasteiger partial charge in [-0.15, -0.1) is 0 Å². The first kappa shape index (κ1) is 17.7. The smallest absolute Gasteiger partial charge is 0.238 e. The number of ether oxygens (including phenoxy) is 1. The van der Waals surface area contributed by atoms with Gasteiger partial charge in [-0.2, -0.15) is 0 Å². The van der Waals surface area contributed by atoms with Crippen LogP contribution in [-0.2, 0) is 14.3 Å². The lowest BCUT2D eigenvalue weighted by Gasteiger charge is -2.28. The number of amides is 2. The molecule has 1 heterocycles. The fourth-order valence-electron chi connectivity index (χ4n) is 2.40. The summed E-state index contributed by atoms with van der Waals surface area (Å²) in [5, 5.41) is 3.47. The third-order valence-electron chi connectivity index (χ3n) is 3.65. The average Bonchev–Trinajstić information content (AvgIpc) is 2.50. The number of carbonyl (C=O) groups excluding carboxylic acids is 2. The van der Waals surface area contributed by atoms with Crippen LogP contribution >= 0.6 is 11.6 Å². The number of halogens is 1. The summed E-state index contributed by atoms with van der Waals surface area (Å²) in [5.74, 6) is -0.140. The predicted molar refractivity (Wildman–Crippen MR) is 89.7 cm³/mol. The molecule has 1 saturated heterocycles. The Balaban J connectivity index is 1.81. The van der Waals surface area contributed by atoms with E-state index in [1.807, 2.05) is 6.92 Å². The third kappa shape index (κ3) is 5.49. The molecule has 0 radical (unpaired) electrons. The largest absolute Gasteiger partial charge is 0.378 e. The number of hydrogen-bond acceptors (Lipinski definition) is 4. The van der Waals surface area contributed by atoms with Gasteiger partial charge in [0.1, 0.15) is 0 Å². The maximum absolute atomic E-state index is 12.1.